The van der Waals surface area contributed by atoms with Crippen molar-refractivity contribution in [3.05, 3.63) is 10.1 Å². The summed E-state index contributed by atoms with van der Waals surface area (Å²) in [6.07, 6.45) is 2.84. The molecule has 0 radical (unpaired) electrons. The molecule has 0 aromatic heterocycles. The summed E-state index contributed by atoms with van der Waals surface area (Å²) in [5, 5.41) is 9.99. The van der Waals surface area contributed by atoms with E-state index in [4.69, 9.17) is 4.74 Å². The quantitative estimate of drug-likeness (QED) is 0.427. The summed E-state index contributed by atoms with van der Waals surface area (Å²) in [6.45, 7) is 0.665. The number of nitrogens with zero attached hydrogens (tertiary/aromatic N) is 1. The van der Waals surface area contributed by atoms with Gasteiger partial charge >= 0.3 is 0 Å². The number of hydrogen-bond donors (Lipinski definition) is 0. The van der Waals surface area contributed by atoms with Crippen LogP contribution in [0.15, 0.2) is 0 Å². The Bertz CT molecular complexity index is 120. The Morgan fingerprint density at radius 1 is 1.60 bits per heavy atom. The summed E-state index contributed by atoms with van der Waals surface area (Å²) in [5.41, 5.74) is 0. The lowest BCUT2D eigenvalue weighted by molar-refractivity contribution is -0.492. The number of ether oxygens (including phenoxy) is 1. The Morgan fingerprint density at radius 2 is 2.40 bits per heavy atom. The number of nitro groups is 1. The Morgan fingerprint density at radius 3 is 2.90 bits per heavy atom. The molecule has 0 bridgehead atoms. The van der Waals surface area contributed by atoms with Crippen molar-refractivity contribution in [2.45, 2.75) is 25.4 Å². The van der Waals surface area contributed by atoms with Crippen LogP contribution in [-0.4, -0.2) is 24.2 Å². The molecule has 0 spiro atoms. The Labute approximate surface area is 59.3 Å². The Hall–Kier alpha value is -0.640. The first-order valence-corrected chi connectivity index (χ1v) is 3.52. The molecule has 4 nitrogen and oxygen atoms in total. The molecule has 0 unspecified atom stereocenters. The van der Waals surface area contributed by atoms with Gasteiger partial charge in [0.05, 0.1) is 0 Å². The molecule has 58 valence electrons. The second-order valence-electron chi connectivity index (χ2n) is 2.50. The van der Waals surface area contributed by atoms with E-state index >= 15 is 0 Å². The van der Waals surface area contributed by atoms with Gasteiger partial charge in [-0.2, -0.15) is 0 Å². The zero-order valence-electron chi connectivity index (χ0n) is 5.78. The average molecular weight is 145 g/mol. The van der Waals surface area contributed by atoms with Gasteiger partial charge in [-0.05, 0) is 19.3 Å². The molecule has 0 N–H and O–H groups in total. The molecule has 0 aromatic carbocycles. The summed E-state index contributed by atoms with van der Waals surface area (Å²) >= 11 is 0. The van der Waals surface area contributed by atoms with Gasteiger partial charge in [0.15, 0.2) is 0 Å². The van der Waals surface area contributed by atoms with Crippen LogP contribution < -0.4 is 0 Å². The smallest absolute Gasteiger partial charge is 0.229 e. The lowest BCUT2D eigenvalue weighted by Gasteiger charge is -2.18. The van der Waals surface area contributed by atoms with Gasteiger partial charge in [0.1, 0.15) is 6.10 Å². The highest BCUT2D eigenvalue weighted by Crippen LogP contribution is 2.12. The first-order valence-electron chi connectivity index (χ1n) is 3.52. The van der Waals surface area contributed by atoms with Gasteiger partial charge in [0.2, 0.25) is 6.54 Å². The van der Waals surface area contributed by atoms with E-state index < -0.39 is 0 Å². The van der Waals surface area contributed by atoms with E-state index in [9.17, 15) is 10.1 Å². The van der Waals surface area contributed by atoms with Crippen LogP contribution >= 0.6 is 0 Å². The van der Waals surface area contributed by atoms with Crippen molar-refractivity contribution in [1.82, 2.24) is 0 Å². The molecule has 1 aliphatic heterocycles. The van der Waals surface area contributed by atoms with E-state index in [2.05, 4.69) is 0 Å². The van der Waals surface area contributed by atoms with Crippen molar-refractivity contribution < 1.29 is 9.66 Å². The predicted octanol–water partition coefficient (Wildman–Crippen LogP) is 0.832. The molecule has 1 fully saturated rings. The average Bonchev–Trinajstić information content (AvgIpc) is 1.88. The van der Waals surface area contributed by atoms with Gasteiger partial charge in [0.25, 0.3) is 0 Å². The second kappa shape index (κ2) is 3.51. The summed E-state index contributed by atoms with van der Waals surface area (Å²) in [5.74, 6) is 0. The highest BCUT2D eigenvalue weighted by Gasteiger charge is 2.18. The predicted molar refractivity (Wildman–Crippen MR) is 35.5 cm³/mol. The van der Waals surface area contributed by atoms with Crippen LogP contribution in [0.2, 0.25) is 0 Å². The fraction of sp³-hybridized carbons (Fsp3) is 1.00. The van der Waals surface area contributed by atoms with Crippen molar-refractivity contribution in [3.63, 3.8) is 0 Å². The van der Waals surface area contributed by atoms with Crippen molar-refractivity contribution in [2.24, 2.45) is 0 Å². The first kappa shape index (κ1) is 7.47. The van der Waals surface area contributed by atoms with Crippen LogP contribution in [0.5, 0.6) is 0 Å². The third-order valence-electron chi connectivity index (χ3n) is 1.63. The lowest BCUT2D eigenvalue weighted by Crippen LogP contribution is -2.26. The minimum absolute atomic E-state index is 0.0278. The SMILES string of the molecule is O=[N+]([O-])C[C@H]1CCCCO1. The third-order valence-corrected chi connectivity index (χ3v) is 1.63. The summed E-state index contributed by atoms with van der Waals surface area (Å²) in [7, 11) is 0. The van der Waals surface area contributed by atoms with Gasteiger partial charge in [-0.25, -0.2) is 0 Å². The third kappa shape index (κ3) is 2.31. The molecule has 1 rings (SSSR count). The van der Waals surface area contributed by atoms with Crippen LogP contribution in [0.25, 0.3) is 0 Å². The van der Waals surface area contributed by atoms with Crippen LogP contribution in [0.3, 0.4) is 0 Å². The van der Waals surface area contributed by atoms with E-state index in [1.807, 2.05) is 0 Å². The fourth-order valence-corrected chi connectivity index (χ4v) is 1.12. The molecule has 0 saturated carbocycles. The maximum Gasteiger partial charge on any atom is 0.229 e. The van der Waals surface area contributed by atoms with E-state index in [0.717, 1.165) is 19.3 Å². The largest absolute Gasteiger partial charge is 0.371 e. The van der Waals surface area contributed by atoms with Gasteiger partial charge < -0.3 is 4.74 Å². The highest BCUT2D eigenvalue weighted by atomic mass is 16.6. The van der Waals surface area contributed by atoms with E-state index in [1.165, 1.54) is 0 Å². The summed E-state index contributed by atoms with van der Waals surface area (Å²) in [4.78, 5) is 9.68. The molecule has 0 aromatic rings. The van der Waals surface area contributed by atoms with Gasteiger partial charge in [0, 0.05) is 11.5 Å². The summed E-state index contributed by atoms with van der Waals surface area (Å²) < 4.78 is 5.15. The second-order valence-corrected chi connectivity index (χ2v) is 2.50. The summed E-state index contributed by atoms with van der Waals surface area (Å²) in [6, 6.07) is 0. The molecule has 1 heterocycles. The number of rotatable bonds is 2. The molecular weight excluding hydrogens is 134 g/mol. The Kier molecular flexibility index (Phi) is 2.62. The molecule has 0 aliphatic carbocycles. The molecule has 10 heavy (non-hydrogen) atoms. The van der Waals surface area contributed by atoms with Crippen molar-refractivity contribution in [3.8, 4) is 0 Å². The maximum atomic E-state index is 9.99. The normalized spacial score (nSPS) is 26.2. The zero-order valence-corrected chi connectivity index (χ0v) is 5.78. The topological polar surface area (TPSA) is 52.4 Å². The molecule has 0 amide bonds. The lowest BCUT2D eigenvalue weighted by atomic mass is 10.1. The zero-order chi connectivity index (χ0) is 7.40. The standard InChI is InChI=1S/C6H11NO3/c8-7(9)5-6-3-1-2-4-10-6/h6H,1-5H2/t6-/m1/s1. The number of hydrogen-bond acceptors (Lipinski definition) is 3. The monoisotopic (exact) mass is 145 g/mol. The van der Waals surface area contributed by atoms with E-state index in [-0.39, 0.29) is 17.6 Å². The van der Waals surface area contributed by atoms with Crippen LogP contribution in [0.1, 0.15) is 19.3 Å². The van der Waals surface area contributed by atoms with Crippen molar-refractivity contribution in [1.29, 1.82) is 0 Å². The van der Waals surface area contributed by atoms with Crippen LogP contribution in [0.4, 0.5) is 0 Å². The van der Waals surface area contributed by atoms with E-state index in [0.29, 0.717) is 6.61 Å². The highest BCUT2D eigenvalue weighted by molar-refractivity contribution is 4.61. The molecule has 4 heteroatoms. The molecule has 1 saturated heterocycles. The molecule has 1 aliphatic rings. The minimum Gasteiger partial charge on any atom is -0.371 e. The van der Waals surface area contributed by atoms with Crippen LogP contribution in [0, 0.1) is 10.1 Å². The van der Waals surface area contributed by atoms with Gasteiger partial charge in [-0.1, -0.05) is 0 Å². The van der Waals surface area contributed by atoms with Crippen molar-refractivity contribution >= 4 is 0 Å². The fourth-order valence-electron chi connectivity index (χ4n) is 1.12. The van der Waals surface area contributed by atoms with Gasteiger partial charge in [-0.15, -0.1) is 0 Å². The van der Waals surface area contributed by atoms with Gasteiger partial charge in [-0.3, -0.25) is 10.1 Å². The van der Waals surface area contributed by atoms with Crippen molar-refractivity contribution in [2.75, 3.05) is 13.2 Å². The Balaban J connectivity index is 2.19. The minimum atomic E-state index is -0.310. The van der Waals surface area contributed by atoms with E-state index in [1.54, 1.807) is 0 Å². The molecular formula is C6H11NO3. The molecule has 1 atom stereocenters. The first-order chi connectivity index (χ1) is 4.79. The van der Waals surface area contributed by atoms with Crippen LogP contribution in [-0.2, 0) is 4.74 Å². The maximum absolute atomic E-state index is 9.99.